The lowest BCUT2D eigenvalue weighted by molar-refractivity contribution is 0.0766. The first kappa shape index (κ1) is 17.5. The Kier molecular flexibility index (Phi) is 4.55. The molecule has 1 N–H and O–H groups in total. The lowest BCUT2D eigenvalue weighted by atomic mass is 10.2. The van der Waals surface area contributed by atoms with Crippen molar-refractivity contribution in [3.05, 3.63) is 47.5 Å². The van der Waals surface area contributed by atoms with Crippen molar-refractivity contribution in [2.45, 2.75) is 31.7 Å². The first-order valence-corrected chi connectivity index (χ1v) is 9.58. The van der Waals surface area contributed by atoms with Crippen LogP contribution in [0.2, 0.25) is 0 Å². The number of nitrogens with one attached hydrogen (secondary N) is 1. The molecule has 0 aliphatic carbocycles. The molecule has 0 radical (unpaired) electrons. The van der Waals surface area contributed by atoms with Gasteiger partial charge >= 0.3 is 0 Å². The summed E-state index contributed by atoms with van der Waals surface area (Å²) in [5.41, 5.74) is 0.935. The van der Waals surface area contributed by atoms with Gasteiger partial charge < -0.3 is 9.47 Å². The Hall–Kier alpha value is -2.35. The third-order valence-electron chi connectivity index (χ3n) is 4.32. The predicted octanol–water partition coefficient (Wildman–Crippen LogP) is 2.60. The Bertz CT molecular complexity index is 921. The molecule has 1 aliphatic heterocycles. The van der Waals surface area contributed by atoms with Gasteiger partial charge in [0.15, 0.2) is 0 Å². The van der Waals surface area contributed by atoms with Crippen LogP contribution in [0, 0.1) is 12.7 Å². The average molecular weight is 365 g/mol. The molecule has 0 atom stereocenters. The summed E-state index contributed by atoms with van der Waals surface area (Å²) >= 11 is 0. The van der Waals surface area contributed by atoms with Crippen LogP contribution in [0.5, 0.6) is 0 Å². The molecule has 0 unspecified atom stereocenters. The number of carbonyl (C=O) groups is 1. The van der Waals surface area contributed by atoms with E-state index in [2.05, 4.69) is 4.72 Å². The summed E-state index contributed by atoms with van der Waals surface area (Å²) in [6.45, 7) is 5.30. The molecule has 8 heteroatoms. The summed E-state index contributed by atoms with van der Waals surface area (Å²) in [6, 6.07) is 5.52. The number of aromatic nitrogens is 1. The second-order valence-electron chi connectivity index (χ2n) is 6.06. The number of hydrogen-bond donors (Lipinski definition) is 1. The highest BCUT2D eigenvalue weighted by atomic mass is 32.2. The molecule has 0 bridgehead atoms. The van der Waals surface area contributed by atoms with Crippen LogP contribution in [0.25, 0.3) is 0 Å². The van der Waals surface area contributed by atoms with E-state index in [-0.39, 0.29) is 16.5 Å². The zero-order valence-corrected chi connectivity index (χ0v) is 14.9. The number of sulfonamides is 1. The molecule has 0 fully saturated rings. The molecule has 134 valence electrons. The molecule has 25 heavy (non-hydrogen) atoms. The van der Waals surface area contributed by atoms with Gasteiger partial charge in [-0.1, -0.05) is 6.07 Å². The highest BCUT2D eigenvalue weighted by Crippen LogP contribution is 2.23. The Morgan fingerprint density at radius 1 is 1.24 bits per heavy atom. The second-order valence-corrected chi connectivity index (χ2v) is 7.74. The summed E-state index contributed by atoms with van der Waals surface area (Å²) in [5, 5.41) is 0. The molecule has 0 spiro atoms. The first-order valence-electron chi connectivity index (χ1n) is 8.10. The molecule has 6 nitrogen and oxygen atoms in total. The fourth-order valence-corrected chi connectivity index (χ4v) is 3.95. The number of halogens is 1. The largest absolute Gasteiger partial charge is 0.342 e. The van der Waals surface area contributed by atoms with Gasteiger partial charge in [0.05, 0.1) is 5.69 Å². The number of anilines is 1. The van der Waals surface area contributed by atoms with Gasteiger partial charge in [0.25, 0.3) is 15.9 Å². The number of amides is 1. The summed E-state index contributed by atoms with van der Waals surface area (Å²) < 4.78 is 42.8. The molecule has 3 rings (SSSR count). The van der Waals surface area contributed by atoms with Crippen molar-refractivity contribution in [1.29, 1.82) is 0 Å². The van der Waals surface area contributed by atoms with Crippen LogP contribution in [0.1, 0.15) is 29.4 Å². The van der Waals surface area contributed by atoms with Gasteiger partial charge in [-0.2, -0.15) is 0 Å². The number of benzene rings is 1. The first-order chi connectivity index (χ1) is 11.8. The second kappa shape index (κ2) is 6.51. The van der Waals surface area contributed by atoms with Crippen molar-refractivity contribution in [1.82, 2.24) is 9.47 Å². The minimum absolute atomic E-state index is 0.00483. The number of carbonyl (C=O) groups excluding carboxylic acids is 1. The van der Waals surface area contributed by atoms with Crippen molar-refractivity contribution in [3.63, 3.8) is 0 Å². The predicted molar refractivity (Wildman–Crippen MR) is 92.6 cm³/mol. The fourth-order valence-electron chi connectivity index (χ4n) is 2.86. The van der Waals surface area contributed by atoms with E-state index in [1.165, 1.54) is 24.4 Å². The summed E-state index contributed by atoms with van der Waals surface area (Å²) in [4.78, 5) is 14.2. The number of aryl methyl sites for hydroxylation is 2. The van der Waals surface area contributed by atoms with Crippen LogP contribution in [-0.2, 0) is 16.6 Å². The fraction of sp³-hybridized carbons (Fsp3) is 0.353. The summed E-state index contributed by atoms with van der Waals surface area (Å²) in [5.74, 6) is -0.663. The Morgan fingerprint density at radius 2 is 2.00 bits per heavy atom. The van der Waals surface area contributed by atoms with Gasteiger partial charge in [-0.3, -0.25) is 9.52 Å². The molecule has 1 aromatic heterocycles. The molecule has 1 aliphatic rings. The maximum Gasteiger partial charge on any atom is 0.270 e. The molecule has 0 saturated heterocycles. The minimum Gasteiger partial charge on any atom is -0.342 e. The Morgan fingerprint density at radius 3 is 2.68 bits per heavy atom. The third kappa shape index (κ3) is 3.39. The lowest BCUT2D eigenvalue weighted by Crippen LogP contribution is -2.30. The number of fused-ring (bicyclic) bond motifs is 1. The zero-order chi connectivity index (χ0) is 18.2. The summed E-state index contributed by atoms with van der Waals surface area (Å²) in [7, 11) is -3.90. The van der Waals surface area contributed by atoms with Crippen molar-refractivity contribution in [3.8, 4) is 0 Å². The van der Waals surface area contributed by atoms with E-state index < -0.39 is 15.8 Å². The van der Waals surface area contributed by atoms with E-state index in [1.807, 2.05) is 6.92 Å². The number of hydrogen-bond acceptors (Lipinski definition) is 3. The van der Waals surface area contributed by atoms with E-state index in [0.717, 1.165) is 12.5 Å². The Labute approximate surface area is 146 Å². The average Bonchev–Trinajstić information content (AvgIpc) is 2.93. The molecule has 1 amide bonds. The zero-order valence-electron chi connectivity index (χ0n) is 14.1. The van der Waals surface area contributed by atoms with Crippen LogP contribution in [0.3, 0.4) is 0 Å². The van der Waals surface area contributed by atoms with Gasteiger partial charge in [0.1, 0.15) is 16.4 Å². The third-order valence-corrected chi connectivity index (χ3v) is 5.67. The van der Waals surface area contributed by atoms with Crippen LogP contribution >= 0.6 is 0 Å². The lowest BCUT2D eigenvalue weighted by Gasteiger charge is -2.17. The van der Waals surface area contributed by atoms with E-state index in [0.29, 0.717) is 30.9 Å². The van der Waals surface area contributed by atoms with Gasteiger partial charge in [-0.25, -0.2) is 12.8 Å². The Balaban J connectivity index is 1.92. The monoisotopic (exact) mass is 365 g/mol. The molecule has 2 aromatic rings. The molecule has 2 heterocycles. The van der Waals surface area contributed by atoms with E-state index >= 15 is 0 Å². The highest BCUT2D eigenvalue weighted by molar-refractivity contribution is 7.92. The smallest absolute Gasteiger partial charge is 0.270 e. The van der Waals surface area contributed by atoms with E-state index in [1.54, 1.807) is 16.4 Å². The number of rotatable bonds is 4. The normalized spacial score (nSPS) is 15.0. The number of nitrogens with zero attached hydrogens (tertiary/aromatic N) is 2. The van der Waals surface area contributed by atoms with Gasteiger partial charge in [-0.05, 0) is 44.0 Å². The van der Waals surface area contributed by atoms with Crippen LogP contribution in [0.4, 0.5) is 10.1 Å². The van der Waals surface area contributed by atoms with E-state index in [9.17, 15) is 17.6 Å². The topological polar surface area (TPSA) is 71.4 Å². The van der Waals surface area contributed by atoms with Gasteiger partial charge in [0, 0.05) is 25.8 Å². The van der Waals surface area contributed by atoms with Crippen LogP contribution in [-0.4, -0.2) is 36.9 Å². The molecule has 0 saturated carbocycles. The van der Waals surface area contributed by atoms with Crippen LogP contribution in [0.15, 0.2) is 35.4 Å². The van der Waals surface area contributed by atoms with E-state index in [4.69, 9.17) is 0 Å². The highest BCUT2D eigenvalue weighted by Gasteiger charge is 2.26. The van der Waals surface area contributed by atoms with Gasteiger partial charge in [-0.15, -0.1) is 0 Å². The van der Waals surface area contributed by atoms with Crippen LogP contribution < -0.4 is 4.72 Å². The maximum absolute atomic E-state index is 13.6. The summed E-state index contributed by atoms with van der Waals surface area (Å²) in [6.07, 6.45) is 2.22. The molecular weight excluding hydrogens is 345 g/mol. The van der Waals surface area contributed by atoms with Crippen molar-refractivity contribution in [2.24, 2.45) is 0 Å². The van der Waals surface area contributed by atoms with Crippen molar-refractivity contribution < 1.29 is 17.6 Å². The van der Waals surface area contributed by atoms with Gasteiger partial charge in [0.2, 0.25) is 0 Å². The SMILES string of the molecule is CCN1CCCn2cc(S(=O)(=O)Nc3ccc(C)c(F)c3)cc2C1=O. The molecule has 1 aromatic carbocycles. The molecular formula is C17H20FN3O3S. The van der Waals surface area contributed by atoms with Crippen molar-refractivity contribution >= 4 is 21.6 Å². The standard InChI is InChI=1S/C17H20FN3O3S/c1-3-20-7-4-8-21-11-14(10-16(21)17(20)22)25(23,24)19-13-6-5-12(2)15(18)9-13/h5-6,9-11,19H,3-4,7-8H2,1-2H3. The maximum atomic E-state index is 13.6. The quantitative estimate of drug-likeness (QED) is 0.905. The minimum atomic E-state index is -3.90. The van der Waals surface area contributed by atoms with Crippen molar-refractivity contribution in [2.75, 3.05) is 17.8 Å².